The minimum Gasteiger partial charge on any atom is -0.378 e. The minimum atomic E-state index is -0.450. The van der Waals surface area contributed by atoms with Crippen LogP contribution in [0, 0.1) is 5.92 Å². The second-order valence-corrected chi connectivity index (χ2v) is 7.79. The van der Waals surface area contributed by atoms with Crippen LogP contribution in [0.4, 0.5) is 0 Å². The predicted molar refractivity (Wildman–Crippen MR) is 92.6 cm³/mol. The molecule has 4 rings (SSSR count). The van der Waals surface area contributed by atoms with Crippen molar-refractivity contribution < 1.29 is 9.47 Å². The third kappa shape index (κ3) is 3.59. The minimum absolute atomic E-state index is 0.124. The van der Waals surface area contributed by atoms with E-state index in [9.17, 15) is 9.59 Å². The van der Waals surface area contributed by atoms with Crippen LogP contribution in [-0.2, 0) is 16.0 Å². The van der Waals surface area contributed by atoms with Crippen molar-refractivity contribution in [3.63, 3.8) is 0 Å². The molecule has 3 aliphatic rings. The van der Waals surface area contributed by atoms with Gasteiger partial charge in [0.1, 0.15) is 0 Å². The third-order valence-electron chi connectivity index (χ3n) is 6.11. The Balaban J connectivity index is 1.47. The molecule has 3 atom stereocenters. The van der Waals surface area contributed by atoms with E-state index in [4.69, 9.17) is 9.47 Å². The van der Waals surface area contributed by atoms with E-state index in [1.165, 1.54) is 18.9 Å². The second-order valence-electron chi connectivity index (χ2n) is 7.79. The van der Waals surface area contributed by atoms with Gasteiger partial charge < -0.3 is 14.5 Å². The zero-order valence-corrected chi connectivity index (χ0v) is 14.8. The van der Waals surface area contributed by atoms with Crippen LogP contribution in [-0.4, -0.2) is 52.9 Å². The van der Waals surface area contributed by atoms with Crippen LogP contribution >= 0.6 is 0 Å². The van der Waals surface area contributed by atoms with Crippen LogP contribution in [0.1, 0.15) is 44.2 Å². The van der Waals surface area contributed by atoms with Crippen molar-refractivity contribution in [1.29, 1.82) is 0 Å². The Labute approximate surface area is 146 Å². The first-order valence-electron chi connectivity index (χ1n) is 9.31. The van der Waals surface area contributed by atoms with Crippen LogP contribution in [0.25, 0.3) is 0 Å². The molecule has 2 heterocycles. The molecule has 0 aromatic carbocycles. The lowest BCUT2D eigenvalue weighted by molar-refractivity contribution is -0.103. The fourth-order valence-electron chi connectivity index (χ4n) is 4.48. The molecule has 1 aromatic heterocycles. The highest BCUT2D eigenvalue weighted by atomic mass is 16.5. The summed E-state index contributed by atoms with van der Waals surface area (Å²) < 4.78 is 12.1. The Morgan fingerprint density at radius 3 is 2.80 bits per heavy atom. The number of aromatic amines is 2. The molecule has 1 aromatic rings. The Morgan fingerprint density at radius 2 is 2.08 bits per heavy atom. The topological polar surface area (TPSA) is 87.4 Å². The maximum Gasteiger partial charge on any atom is 0.325 e. The number of H-pyrrole nitrogens is 2. The van der Waals surface area contributed by atoms with Gasteiger partial charge in [-0.2, -0.15) is 0 Å². The van der Waals surface area contributed by atoms with Gasteiger partial charge in [0.15, 0.2) is 0 Å². The highest BCUT2D eigenvalue weighted by Gasteiger charge is 2.51. The standard InChI is InChI=1S/C18H27N3O4/c1-24-18-5-4-14(25-11-12-2-3-12)9-15(18)21(7-6-18)10-13-8-16(22)20-17(23)19-13/h8,12,14-15H,2-7,9-11H2,1H3,(H2,19,20,22,23)/t14-,15-,18+/m0/s1. The van der Waals surface area contributed by atoms with E-state index in [0.29, 0.717) is 12.2 Å². The Morgan fingerprint density at radius 1 is 1.24 bits per heavy atom. The average Bonchev–Trinajstić information content (AvgIpc) is 3.35. The molecular weight excluding hydrogens is 322 g/mol. The molecule has 1 aliphatic heterocycles. The van der Waals surface area contributed by atoms with Crippen LogP contribution in [0.5, 0.6) is 0 Å². The Hall–Kier alpha value is -1.44. The molecule has 138 valence electrons. The van der Waals surface area contributed by atoms with E-state index in [0.717, 1.165) is 44.8 Å². The third-order valence-corrected chi connectivity index (χ3v) is 6.11. The highest BCUT2D eigenvalue weighted by Crippen LogP contribution is 2.44. The van der Waals surface area contributed by atoms with Gasteiger partial charge in [0.25, 0.3) is 5.56 Å². The van der Waals surface area contributed by atoms with Crippen molar-refractivity contribution in [2.24, 2.45) is 5.92 Å². The summed E-state index contributed by atoms with van der Waals surface area (Å²) in [6.45, 7) is 2.35. The quantitative estimate of drug-likeness (QED) is 0.800. The van der Waals surface area contributed by atoms with Crippen molar-refractivity contribution in [3.8, 4) is 0 Å². The average molecular weight is 349 g/mol. The molecule has 0 amide bonds. The van der Waals surface area contributed by atoms with E-state index < -0.39 is 5.69 Å². The molecule has 2 aliphatic carbocycles. The fourth-order valence-corrected chi connectivity index (χ4v) is 4.48. The molecule has 25 heavy (non-hydrogen) atoms. The monoisotopic (exact) mass is 349 g/mol. The van der Waals surface area contributed by atoms with E-state index >= 15 is 0 Å². The summed E-state index contributed by atoms with van der Waals surface area (Å²) in [6, 6.07) is 1.73. The van der Waals surface area contributed by atoms with Gasteiger partial charge >= 0.3 is 5.69 Å². The summed E-state index contributed by atoms with van der Waals surface area (Å²) in [5.74, 6) is 0.773. The zero-order valence-electron chi connectivity index (χ0n) is 14.8. The molecule has 2 N–H and O–H groups in total. The summed E-state index contributed by atoms with van der Waals surface area (Å²) in [5, 5.41) is 0. The van der Waals surface area contributed by atoms with Crippen LogP contribution < -0.4 is 11.2 Å². The largest absolute Gasteiger partial charge is 0.378 e. The summed E-state index contributed by atoms with van der Waals surface area (Å²) in [7, 11) is 1.80. The number of methoxy groups -OCH3 is 1. The number of fused-ring (bicyclic) bond motifs is 1. The van der Waals surface area contributed by atoms with E-state index in [-0.39, 0.29) is 23.3 Å². The number of rotatable bonds is 6. The fraction of sp³-hybridized carbons (Fsp3) is 0.778. The molecular formula is C18H27N3O4. The van der Waals surface area contributed by atoms with Crippen LogP contribution in [0.15, 0.2) is 15.7 Å². The molecule has 2 saturated carbocycles. The summed E-state index contributed by atoms with van der Waals surface area (Å²) in [6.07, 6.45) is 6.89. The van der Waals surface area contributed by atoms with Crippen molar-refractivity contribution in [2.75, 3.05) is 20.3 Å². The SMILES string of the molecule is CO[C@@]12CC[C@H](OCC3CC3)C[C@@H]1N(Cc1cc(=O)[nH]c(=O)[nH]1)CC2. The van der Waals surface area contributed by atoms with Crippen molar-refractivity contribution >= 4 is 0 Å². The maximum atomic E-state index is 11.6. The normalized spacial score (nSPS) is 32.7. The van der Waals surface area contributed by atoms with E-state index in [2.05, 4.69) is 14.9 Å². The number of aromatic nitrogens is 2. The van der Waals surface area contributed by atoms with Crippen molar-refractivity contribution in [2.45, 2.75) is 62.8 Å². The van der Waals surface area contributed by atoms with E-state index in [1.807, 2.05) is 0 Å². The number of nitrogens with one attached hydrogen (secondary N) is 2. The lowest BCUT2D eigenvalue weighted by atomic mass is 9.79. The van der Waals surface area contributed by atoms with Crippen molar-refractivity contribution in [1.82, 2.24) is 14.9 Å². The predicted octanol–water partition coefficient (Wildman–Crippen LogP) is 1.00. The highest BCUT2D eigenvalue weighted by molar-refractivity contribution is 5.08. The number of ether oxygens (including phenoxy) is 2. The molecule has 1 saturated heterocycles. The zero-order chi connectivity index (χ0) is 17.4. The van der Waals surface area contributed by atoms with Gasteiger partial charge in [0.05, 0.1) is 11.7 Å². The number of nitrogens with zero attached hydrogens (tertiary/aromatic N) is 1. The number of likely N-dealkylation sites (tertiary alicyclic amines) is 1. The summed E-state index contributed by atoms with van der Waals surface area (Å²) >= 11 is 0. The lowest BCUT2D eigenvalue weighted by Gasteiger charge is -2.43. The molecule has 3 fully saturated rings. The van der Waals surface area contributed by atoms with Crippen LogP contribution in [0.3, 0.4) is 0 Å². The van der Waals surface area contributed by atoms with Gasteiger partial charge in [-0.15, -0.1) is 0 Å². The Bertz CT molecular complexity index is 697. The van der Waals surface area contributed by atoms with E-state index in [1.54, 1.807) is 7.11 Å². The van der Waals surface area contributed by atoms with Gasteiger partial charge in [-0.3, -0.25) is 14.7 Å². The molecule has 0 spiro atoms. The van der Waals surface area contributed by atoms with Gasteiger partial charge in [-0.1, -0.05) is 0 Å². The first-order valence-corrected chi connectivity index (χ1v) is 9.31. The van der Waals surface area contributed by atoms with Gasteiger partial charge in [-0.05, 0) is 44.4 Å². The molecule has 0 unspecified atom stereocenters. The maximum absolute atomic E-state index is 11.6. The molecule has 7 nitrogen and oxygen atoms in total. The summed E-state index contributed by atoms with van der Waals surface area (Å²) in [4.78, 5) is 30.4. The van der Waals surface area contributed by atoms with Gasteiger partial charge in [0.2, 0.25) is 0 Å². The van der Waals surface area contributed by atoms with Gasteiger partial charge in [-0.25, -0.2) is 4.79 Å². The van der Waals surface area contributed by atoms with Crippen LogP contribution in [0.2, 0.25) is 0 Å². The first-order chi connectivity index (χ1) is 12.1. The van der Waals surface area contributed by atoms with Gasteiger partial charge in [0, 0.05) is 44.6 Å². The lowest BCUT2D eigenvalue weighted by Crippen LogP contribution is -2.51. The number of hydrogen-bond donors (Lipinski definition) is 2. The molecule has 0 bridgehead atoms. The molecule has 7 heteroatoms. The number of hydrogen-bond acceptors (Lipinski definition) is 5. The van der Waals surface area contributed by atoms with Crippen molar-refractivity contribution in [3.05, 3.63) is 32.6 Å². The summed E-state index contributed by atoms with van der Waals surface area (Å²) in [5.41, 5.74) is -0.276. The Kier molecular flexibility index (Phi) is 4.56. The smallest absolute Gasteiger partial charge is 0.325 e. The second kappa shape index (κ2) is 6.70. The first kappa shape index (κ1) is 17.0. The molecule has 0 radical (unpaired) electrons.